The summed E-state index contributed by atoms with van der Waals surface area (Å²) in [6, 6.07) is 6.76. The van der Waals surface area contributed by atoms with Gasteiger partial charge in [0.2, 0.25) is 5.91 Å². The highest BCUT2D eigenvalue weighted by Crippen LogP contribution is 2.18. The van der Waals surface area contributed by atoms with Crippen molar-refractivity contribution < 1.29 is 17.9 Å². The van der Waals surface area contributed by atoms with Crippen molar-refractivity contribution in [2.24, 2.45) is 0 Å². The Kier molecular flexibility index (Phi) is 5.61. The second kappa shape index (κ2) is 7.72. The Morgan fingerprint density at radius 3 is 2.80 bits per heavy atom. The van der Waals surface area contributed by atoms with Gasteiger partial charge in [0.1, 0.15) is 17.4 Å². The number of amides is 1. The zero-order valence-corrected chi connectivity index (χ0v) is 15.7. The number of sulfone groups is 1. The molecule has 1 saturated heterocycles. The van der Waals surface area contributed by atoms with E-state index in [1.807, 2.05) is 5.38 Å². The first kappa shape index (κ1) is 18.2. The number of carbonyl (C=O) groups excluding carboxylic acids is 1. The summed E-state index contributed by atoms with van der Waals surface area (Å²) in [5, 5.41) is 5.98. The van der Waals surface area contributed by atoms with Gasteiger partial charge in [-0.05, 0) is 30.7 Å². The fourth-order valence-electron chi connectivity index (χ4n) is 2.52. The molecule has 1 atom stereocenters. The normalized spacial score (nSPS) is 18.8. The van der Waals surface area contributed by atoms with Crippen LogP contribution in [0.1, 0.15) is 17.1 Å². The van der Waals surface area contributed by atoms with Gasteiger partial charge in [0.25, 0.3) is 0 Å². The van der Waals surface area contributed by atoms with E-state index in [1.165, 1.54) is 11.3 Å². The van der Waals surface area contributed by atoms with Crippen molar-refractivity contribution in [3.05, 3.63) is 45.4 Å². The number of carbonyl (C=O) groups is 1. The van der Waals surface area contributed by atoms with E-state index in [-0.39, 0.29) is 29.9 Å². The molecular weight excluding hydrogens is 384 g/mol. The number of hydrogen-bond acceptors (Lipinski definition) is 6. The topological polar surface area (TPSA) is 85.4 Å². The van der Waals surface area contributed by atoms with Crippen LogP contribution in [-0.4, -0.2) is 36.9 Å². The van der Waals surface area contributed by atoms with Crippen LogP contribution in [0.4, 0.5) is 0 Å². The number of halogens is 1. The average molecular weight is 401 g/mol. The van der Waals surface area contributed by atoms with Crippen molar-refractivity contribution in [3.8, 4) is 5.75 Å². The van der Waals surface area contributed by atoms with Crippen molar-refractivity contribution in [1.29, 1.82) is 0 Å². The van der Waals surface area contributed by atoms with Crippen LogP contribution in [0, 0.1) is 0 Å². The molecule has 25 heavy (non-hydrogen) atoms. The number of nitrogens with one attached hydrogen (secondary N) is 1. The second-order valence-corrected chi connectivity index (χ2v) is 9.43. The third-order valence-electron chi connectivity index (χ3n) is 3.71. The van der Waals surface area contributed by atoms with Crippen LogP contribution in [0.3, 0.4) is 0 Å². The van der Waals surface area contributed by atoms with E-state index in [0.29, 0.717) is 29.5 Å². The Morgan fingerprint density at radius 2 is 2.12 bits per heavy atom. The molecule has 0 radical (unpaired) electrons. The van der Waals surface area contributed by atoms with Gasteiger partial charge in [0.05, 0.1) is 23.6 Å². The van der Waals surface area contributed by atoms with E-state index in [4.69, 9.17) is 16.3 Å². The molecule has 0 spiro atoms. The Hall–Kier alpha value is -1.64. The number of ether oxygens (including phenoxy) is 1. The van der Waals surface area contributed by atoms with Gasteiger partial charge in [0, 0.05) is 16.4 Å². The Bertz CT molecular complexity index is 849. The van der Waals surface area contributed by atoms with E-state index < -0.39 is 9.84 Å². The Morgan fingerprint density at radius 1 is 1.36 bits per heavy atom. The number of hydrogen-bond donors (Lipinski definition) is 1. The van der Waals surface area contributed by atoms with Gasteiger partial charge in [-0.15, -0.1) is 11.3 Å². The van der Waals surface area contributed by atoms with E-state index in [9.17, 15) is 13.2 Å². The maximum absolute atomic E-state index is 12.0. The molecule has 3 rings (SSSR count). The molecule has 1 aliphatic heterocycles. The van der Waals surface area contributed by atoms with Gasteiger partial charge in [-0.3, -0.25) is 4.79 Å². The monoisotopic (exact) mass is 400 g/mol. The third kappa shape index (κ3) is 5.42. The van der Waals surface area contributed by atoms with Gasteiger partial charge in [-0.2, -0.15) is 0 Å². The molecule has 0 bridgehead atoms. The zero-order valence-electron chi connectivity index (χ0n) is 13.3. The summed E-state index contributed by atoms with van der Waals surface area (Å²) in [5.41, 5.74) is 0.651. The molecule has 1 aliphatic rings. The van der Waals surface area contributed by atoms with E-state index in [1.54, 1.807) is 24.3 Å². The minimum absolute atomic E-state index is 0.0238. The van der Waals surface area contributed by atoms with Crippen LogP contribution in [0.5, 0.6) is 5.75 Å². The van der Waals surface area contributed by atoms with Crippen molar-refractivity contribution in [2.75, 3.05) is 11.5 Å². The van der Waals surface area contributed by atoms with Crippen LogP contribution < -0.4 is 10.1 Å². The van der Waals surface area contributed by atoms with E-state index in [2.05, 4.69) is 10.3 Å². The molecule has 1 fully saturated rings. The number of thiazole rings is 1. The van der Waals surface area contributed by atoms with Gasteiger partial charge < -0.3 is 10.1 Å². The summed E-state index contributed by atoms with van der Waals surface area (Å²) in [6.07, 6.45) is 0.610. The predicted molar refractivity (Wildman–Crippen MR) is 96.8 cm³/mol. The lowest BCUT2D eigenvalue weighted by molar-refractivity contribution is -0.121. The number of benzene rings is 1. The minimum atomic E-state index is -3.00. The highest BCUT2D eigenvalue weighted by atomic mass is 35.5. The van der Waals surface area contributed by atoms with Crippen LogP contribution in [0.2, 0.25) is 5.02 Å². The van der Waals surface area contributed by atoms with Crippen LogP contribution in [0.25, 0.3) is 0 Å². The molecule has 134 valence electrons. The van der Waals surface area contributed by atoms with Gasteiger partial charge in [-0.25, -0.2) is 13.4 Å². The standard InChI is InChI=1S/C16H17ClN2O4S2/c17-11-1-3-14(4-2-11)23-8-16-19-13(9-24-16)7-15(20)18-12-5-6-25(21,22)10-12/h1-4,9,12H,5-8,10H2,(H,18,20). The lowest BCUT2D eigenvalue weighted by Gasteiger charge is -2.09. The maximum atomic E-state index is 12.0. The minimum Gasteiger partial charge on any atom is -0.486 e. The number of nitrogens with zero attached hydrogens (tertiary/aromatic N) is 1. The molecule has 2 aromatic rings. The molecule has 1 aromatic carbocycles. The third-order valence-corrected chi connectivity index (χ3v) is 6.61. The molecule has 1 aromatic heterocycles. The predicted octanol–water partition coefficient (Wildman–Crippen LogP) is 2.22. The van der Waals surface area contributed by atoms with Crippen molar-refractivity contribution in [3.63, 3.8) is 0 Å². The number of rotatable bonds is 6. The van der Waals surface area contributed by atoms with Crippen molar-refractivity contribution in [1.82, 2.24) is 10.3 Å². The van der Waals surface area contributed by atoms with Gasteiger partial charge >= 0.3 is 0 Å². The fourth-order valence-corrected chi connectivity index (χ4v) is 5.03. The quantitative estimate of drug-likeness (QED) is 0.803. The summed E-state index contributed by atoms with van der Waals surface area (Å²) >= 11 is 7.24. The molecule has 1 unspecified atom stereocenters. The van der Waals surface area contributed by atoms with Crippen molar-refractivity contribution >= 4 is 38.7 Å². The van der Waals surface area contributed by atoms with E-state index in [0.717, 1.165) is 5.01 Å². The molecule has 6 nitrogen and oxygen atoms in total. The van der Waals surface area contributed by atoms with Crippen molar-refractivity contribution in [2.45, 2.75) is 25.5 Å². The van der Waals surface area contributed by atoms with Crippen LogP contribution in [-0.2, 0) is 27.7 Å². The lowest BCUT2D eigenvalue weighted by Crippen LogP contribution is -2.36. The molecule has 1 N–H and O–H groups in total. The molecule has 0 aliphatic carbocycles. The number of aromatic nitrogens is 1. The second-order valence-electron chi connectivity index (χ2n) is 5.82. The maximum Gasteiger partial charge on any atom is 0.226 e. The largest absolute Gasteiger partial charge is 0.486 e. The highest BCUT2D eigenvalue weighted by Gasteiger charge is 2.28. The first-order valence-corrected chi connectivity index (χ1v) is 10.8. The summed E-state index contributed by atoms with van der Waals surface area (Å²) < 4.78 is 28.4. The van der Waals surface area contributed by atoms with Gasteiger partial charge in [-0.1, -0.05) is 11.6 Å². The molecule has 0 saturated carbocycles. The Balaban J connectivity index is 1.48. The van der Waals surface area contributed by atoms with Crippen LogP contribution >= 0.6 is 22.9 Å². The summed E-state index contributed by atoms with van der Waals surface area (Å²) in [4.78, 5) is 16.4. The highest BCUT2D eigenvalue weighted by molar-refractivity contribution is 7.91. The van der Waals surface area contributed by atoms with E-state index >= 15 is 0 Å². The first-order chi connectivity index (χ1) is 11.9. The smallest absolute Gasteiger partial charge is 0.226 e. The van der Waals surface area contributed by atoms with Crippen LogP contribution in [0.15, 0.2) is 29.6 Å². The molecule has 2 heterocycles. The average Bonchev–Trinajstić information content (AvgIpc) is 3.13. The lowest BCUT2D eigenvalue weighted by atomic mass is 10.2. The first-order valence-electron chi connectivity index (χ1n) is 7.71. The Labute approximate surface area is 155 Å². The SMILES string of the molecule is O=C(Cc1csc(COc2ccc(Cl)cc2)n1)NC1CCS(=O)(=O)C1. The summed E-state index contributed by atoms with van der Waals surface area (Å²) in [6.45, 7) is 0.314. The molecule has 1 amide bonds. The molecular formula is C16H17ClN2O4S2. The zero-order chi connectivity index (χ0) is 17.9. The summed E-state index contributed by atoms with van der Waals surface area (Å²) in [7, 11) is -3.00. The van der Waals surface area contributed by atoms with Gasteiger partial charge in [0.15, 0.2) is 9.84 Å². The molecule has 9 heteroatoms. The summed E-state index contributed by atoms with van der Waals surface area (Å²) in [5.74, 6) is 0.649. The fraction of sp³-hybridized carbons (Fsp3) is 0.375.